The third-order valence-corrected chi connectivity index (χ3v) is 10.9. The van der Waals surface area contributed by atoms with Gasteiger partial charge in [0, 0.05) is 0 Å². The van der Waals surface area contributed by atoms with Crippen molar-refractivity contribution in [1.29, 1.82) is 0 Å². The van der Waals surface area contributed by atoms with Crippen LogP contribution in [0.15, 0.2) is 120 Å². The number of rotatable bonds is 8. The van der Waals surface area contributed by atoms with Crippen LogP contribution in [0.5, 0.6) is 0 Å². The van der Waals surface area contributed by atoms with Crippen LogP contribution >= 0.6 is 0 Å². The Morgan fingerprint density at radius 2 is 1.08 bits per heavy atom. The molecule has 0 N–H and O–H groups in total. The van der Waals surface area contributed by atoms with E-state index in [9.17, 15) is 0 Å². The zero-order valence-electron chi connectivity index (χ0n) is 31.1. The fraction of sp³-hybridized carbons (Fsp3) is 0.362. The molecule has 0 amide bonds. The molecule has 5 aromatic carbocycles. The van der Waals surface area contributed by atoms with E-state index in [2.05, 4.69) is 178 Å². The summed E-state index contributed by atoms with van der Waals surface area (Å²) in [4.78, 5) is 0. The summed E-state index contributed by atoms with van der Waals surface area (Å²) in [7, 11) is 0. The van der Waals surface area contributed by atoms with Crippen LogP contribution in [0.1, 0.15) is 91.5 Å². The molecule has 1 aliphatic rings. The van der Waals surface area contributed by atoms with Crippen molar-refractivity contribution in [2.45, 2.75) is 82.1 Å². The molecule has 0 radical (unpaired) electrons. The first-order valence-corrected chi connectivity index (χ1v) is 19.4. The van der Waals surface area contributed by atoms with Gasteiger partial charge >= 0.3 is 99.2 Å². The molecule has 0 saturated carbocycles. The molecule has 5 aromatic rings. The molecular formula is C47H56Zr. The Morgan fingerprint density at radius 3 is 1.44 bits per heavy atom. The number of hydrogen-bond donors (Lipinski definition) is 0. The van der Waals surface area contributed by atoms with Crippen LogP contribution in [0.2, 0.25) is 0 Å². The molecule has 0 nitrogen and oxygen atoms in total. The maximum absolute atomic E-state index is 3.80. The van der Waals surface area contributed by atoms with E-state index in [4.69, 9.17) is 0 Å². The van der Waals surface area contributed by atoms with Gasteiger partial charge in [-0.05, 0) is 18.8 Å². The average Bonchev–Trinajstić information content (AvgIpc) is 3.69. The number of aryl methyl sites for hydroxylation is 2. The Hall–Kier alpha value is -3.02. The number of hydrogen-bond acceptors (Lipinski definition) is 0. The molecular weight excluding hydrogens is 656 g/mol. The Kier molecular flexibility index (Phi) is 13.8. The summed E-state index contributed by atoms with van der Waals surface area (Å²) in [6.07, 6.45) is 6.01. The molecule has 0 fully saturated rings. The second-order valence-corrected chi connectivity index (χ2v) is 15.6. The first-order chi connectivity index (χ1) is 23.0. The van der Waals surface area contributed by atoms with Crippen LogP contribution in [-0.4, -0.2) is 3.21 Å². The molecule has 48 heavy (non-hydrogen) atoms. The van der Waals surface area contributed by atoms with Crippen molar-refractivity contribution in [2.75, 3.05) is 0 Å². The second-order valence-electron chi connectivity index (χ2n) is 14.4. The Balaban J connectivity index is 0.000000163. The summed E-state index contributed by atoms with van der Waals surface area (Å²) in [5.41, 5.74) is 10.2. The molecule has 248 valence electrons. The van der Waals surface area contributed by atoms with Crippen molar-refractivity contribution < 1.29 is 24.2 Å². The van der Waals surface area contributed by atoms with Gasteiger partial charge in [0.05, 0.1) is 0 Å². The van der Waals surface area contributed by atoms with Crippen molar-refractivity contribution in [3.8, 4) is 0 Å². The van der Waals surface area contributed by atoms with Crippen LogP contribution in [0, 0.1) is 35.7 Å². The van der Waals surface area contributed by atoms with Gasteiger partial charge in [-0.2, -0.15) is 11.1 Å². The van der Waals surface area contributed by atoms with E-state index in [-0.39, 0.29) is 0 Å². The third-order valence-electron chi connectivity index (χ3n) is 9.47. The summed E-state index contributed by atoms with van der Waals surface area (Å²) in [5, 5.41) is 5.54. The van der Waals surface area contributed by atoms with E-state index in [0.29, 0.717) is 29.6 Å². The van der Waals surface area contributed by atoms with Crippen LogP contribution in [0.3, 0.4) is 0 Å². The van der Waals surface area contributed by atoms with Gasteiger partial charge in [-0.25, -0.2) is 5.57 Å². The zero-order chi connectivity index (χ0) is 35.0. The van der Waals surface area contributed by atoms with Gasteiger partial charge in [-0.3, -0.25) is 6.08 Å². The predicted octanol–water partition coefficient (Wildman–Crippen LogP) is 12.9. The van der Waals surface area contributed by atoms with E-state index >= 15 is 0 Å². The maximum atomic E-state index is 3.80. The number of fused-ring (bicyclic) bond motifs is 3. The van der Waals surface area contributed by atoms with E-state index < -0.39 is 0 Å². The predicted molar refractivity (Wildman–Crippen MR) is 209 cm³/mol. The van der Waals surface area contributed by atoms with Gasteiger partial charge in [0.25, 0.3) is 0 Å². The van der Waals surface area contributed by atoms with Gasteiger partial charge < -0.3 is 0 Å². The first-order valence-electron chi connectivity index (χ1n) is 18.1. The summed E-state index contributed by atoms with van der Waals surface area (Å²) >= 11 is 1.46. The summed E-state index contributed by atoms with van der Waals surface area (Å²) in [5.74, 6) is 3.08. The molecule has 0 aromatic heterocycles. The van der Waals surface area contributed by atoms with E-state index in [1.165, 1.54) is 76.8 Å². The average molecular weight is 712 g/mol. The van der Waals surface area contributed by atoms with Gasteiger partial charge in [0.15, 0.2) is 0 Å². The normalized spacial score (nSPS) is 14.5. The molecule has 1 unspecified atom stereocenters. The fourth-order valence-corrected chi connectivity index (χ4v) is 7.72. The van der Waals surface area contributed by atoms with Gasteiger partial charge in [0.2, 0.25) is 0 Å². The van der Waals surface area contributed by atoms with Gasteiger partial charge in [0.1, 0.15) is 0 Å². The van der Waals surface area contributed by atoms with Gasteiger partial charge in [-0.15, -0.1) is 39.7 Å². The Bertz CT molecular complexity index is 1740. The third kappa shape index (κ3) is 9.15. The molecule has 0 heterocycles. The van der Waals surface area contributed by atoms with E-state index in [0.717, 1.165) is 12.8 Å². The molecule has 1 heteroatoms. The molecule has 0 spiro atoms. The minimum atomic E-state index is 0.546. The topological polar surface area (TPSA) is 0 Å². The van der Waals surface area contributed by atoms with Crippen LogP contribution in [-0.2, 0) is 37.1 Å². The SMILES string of the molecule is CC(C)C1=[C-]C(C(C)C)C(C(C)C)=C1C(C)C.CCc1ccc2c(c1)[cH-]c1cc(CC)ccc12.[Zr+2]=[C](c1ccccc1)c1ccccc1. The standard InChI is InChI=1S/C17H17.C17H29.C13H10.Zr/c1-3-12-5-7-16-14(9-12)11-15-10-13(4-2)6-8-17(15)16;1-10(2)14-9-15(11(3)4)17(13(7)8)16(14)12(5)6;1-3-7-12(8-4-1)11-13-9-5-2-6-10-13;/h5-11H,3-4H2,1-2H3;10-14H,1-8H3;1-10H;/q2*-1;;+2. The summed E-state index contributed by atoms with van der Waals surface area (Å²) in [6, 6.07) is 37.1. The number of allylic oxidation sites excluding steroid dienone is 4. The van der Waals surface area contributed by atoms with Crippen molar-refractivity contribution in [3.63, 3.8) is 0 Å². The molecule has 0 bridgehead atoms. The van der Waals surface area contributed by atoms with Crippen molar-refractivity contribution >= 4 is 24.8 Å². The van der Waals surface area contributed by atoms with Crippen molar-refractivity contribution in [1.82, 2.24) is 0 Å². The second kappa shape index (κ2) is 17.6. The first kappa shape index (κ1) is 37.8. The summed E-state index contributed by atoms with van der Waals surface area (Å²) in [6.45, 7) is 23.0. The minimum absolute atomic E-state index is 0.546. The van der Waals surface area contributed by atoms with Crippen LogP contribution < -0.4 is 0 Å². The van der Waals surface area contributed by atoms with Gasteiger partial charge in [-0.1, -0.05) is 128 Å². The van der Waals surface area contributed by atoms with Crippen LogP contribution in [0.4, 0.5) is 0 Å². The Morgan fingerprint density at radius 1 is 0.625 bits per heavy atom. The van der Waals surface area contributed by atoms with E-state index in [1.807, 2.05) is 0 Å². The molecule has 1 aliphatic carbocycles. The molecule has 1 atom stereocenters. The van der Waals surface area contributed by atoms with Crippen LogP contribution in [0.25, 0.3) is 21.5 Å². The molecule has 0 aliphatic heterocycles. The fourth-order valence-electron chi connectivity index (χ4n) is 6.90. The zero-order valence-corrected chi connectivity index (χ0v) is 33.6. The van der Waals surface area contributed by atoms with Crippen molar-refractivity contribution in [2.24, 2.45) is 29.6 Å². The number of benzene rings is 4. The van der Waals surface area contributed by atoms with E-state index in [1.54, 1.807) is 11.1 Å². The summed E-state index contributed by atoms with van der Waals surface area (Å²) < 4.78 is 1.42. The quantitative estimate of drug-likeness (QED) is 0.141. The molecule has 0 saturated heterocycles. The van der Waals surface area contributed by atoms with Crippen molar-refractivity contribution in [3.05, 3.63) is 148 Å². The Labute approximate surface area is 307 Å². The molecule has 6 rings (SSSR count). The monoisotopic (exact) mass is 710 g/mol.